The molecule has 0 spiro atoms. The standard InChI is InChI=1S/C29H25F2N5O2/c1-17-27(36-13-3-2-4-26(36)34-17)29(38)35-24(16-19-6-9-22(30)23(31)15-19)25(37)10-7-18-5-8-21-20(14-18)11-12-33-28(21)32/h2-6,8-9,11-15,24H,7,10,16H2,1H3,(H2,32,33)(H,35,38)/t24-/m0/s1. The van der Waals surface area contributed by atoms with Gasteiger partial charge in [-0.05, 0) is 66.6 Å². The zero-order valence-corrected chi connectivity index (χ0v) is 20.6. The summed E-state index contributed by atoms with van der Waals surface area (Å²) in [5.74, 6) is -2.27. The number of benzene rings is 2. The third kappa shape index (κ3) is 5.08. The van der Waals surface area contributed by atoms with E-state index in [0.717, 1.165) is 28.5 Å². The summed E-state index contributed by atoms with van der Waals surface area (Å²) in [5.41, 5.74) is 8.67. The van der Waals surface area contributed by atoms with Gasteiger partial charge >= 0.3 is 0 Å². The van der Waals surface area contributed by atoms with Crippen LogP contribution in [0, 0.1) is 18.6 Å². The Morgan fingerprint density at radius 1 is 1.03 bits per heavy atom. The topological polar surface area (TPSA) is 102 Å². The highest BCUT2D eigenvalue weighted by molar-refractivity contribution is 5.98. The summed E-state index contributed by atoms with van der Waals surface area (Å²) in [5, 5.41) is 4.56. The molecular formula is C29H25F2N5O2. The second-order valence-corrected chi connectivity index (χ2v) is 9.17. The van der Waals surface area contributed by atoms with E-state index < -0.39 is 23.6 Å². The predicted octanol–water partition coefficient (Wildman–Crippen LogP) is 4.59. The van der Waals surface area contributed by atoms with E-state index in [0.29, 0.717) is 34.8 Å². The first-order valence-electron chi connectivity index (χ1n) is 12.1. The molecule has 0 aliphatic carbocycles. The molecule has 3 N–H and O–H groups in total. The Morgan fingerprint density at radius 2 is 1.84 bits per heavy atom. The minimum absolute atomic E-state index is 0.0114. The summed E-state index contributed by atoms with van der Waals surface area (Å²) in [7, 11) is 0. The maximum atomic E-state index is 13.9. The molecule has 5 aromatic rings. The third-order valence-corrected chi connectivity index (χ3v) is 6.56. The van der Waals surface area contributed by atoms with Crippen LogP contribution in [0.5, 0.6) is 0 Å². The molecule has 38 heavy (non-hydrogen) atoms. The number of anilines is 1. The number of amides is 1. The second kappa shape index (κ2) is 10.4. The van der Waals surface area contributed by atoms with Crippen molar-refractivity contribution in [1.82, 2.24) is 19.7 Å². The zero-order chi connectivity index (χ0) is 26.8. The summed E-state index contributed by atoms with van der Waals surface area (Å²) < 4.78 is 29.0. The van der Waals surface area contributed by atoms with Gasteiger partial charge in [-0.3, -0.25) is 14.0 Å². The van der Waals surface area contributed by atoms with Crippen molar-refractivity contribution < 1.29 is 18.4 Å². The molecule has 0 radical (unpaired) electrons. The number of Topliss-reactive ketones (excluding diaryl/α,β-unsaturated/α-hetero) is 1. The minimum atomic E-state index is -1.01. The number of hydrogen-bond donors (Lipinski definition) is 2. The normalized spacial score (nSPS) is 12.1. The number of pyridine rings is 2. The van der Waals surface area contributed by atoms with Crippen molar-refractivity contribution in [3.63, 3.8) is 0 Å². The minimum Gasteiger partial charge on any atom is -0.383 e. The van der Waals surface area contributed by atoms with Crippen molar-refractivity contribution in [1.29, 1.82) is 0 Å². The van der Waals surface area contributed by atoms with Crippen LogP contribution in [0.25, 0.3) is 16.4 Å². The Kier molecular flexibility index (Phi) is 6.83. The summed E-state index contributed by atoms with van der Waals surface area (Å²) in [6.07, 6.45) is 3.92. The Hall–Kier alpha value is -4.66. The Balaban J connectivity index is 1.38. The van der Waals surface area contributed by atoms with Gasteiger partial charge in [0.15, 0.2) is 17.4 Å². The Morgan fingerprint density at radius 3 is 2.66 bits per heavy atom. The number of nitrogens with one attached hydrogen (secondary N) is 1. The van der Waals surface area contributed by atoms with Crippen LogP contribution in [0.4, 0.5) is 14.6 Å². The third-order valence-electron chi connectivity index (χ3n) is 6.56. The molecule has 0 saturated carbocycles. The van der Waals surface area contributed by atoms with Gasteiger partial charge in [-0.1, -0.05) is 30.3 Å². The molecule has 1 atom stereocenters. The number of nitrogen functional groups attached to an aromatic ring is 1. The molecule has 0 bridgehead atoms. The SMILES string of the molecule is Cc1nc2ccccn2c1C(=O)N[C@@H](Cc1ccc(F)c(F)c1)C(=O)CCc1ccc2c(N)nccc2c1. The van der Waals surface area contributed by atoms with E-state index in [1.165, 1.54) is 6.07 Å². The molecular weight excluding hydrogens is 488 g/mol. The Bertz CT molecular complexity index is 1680. The molecule has 0 aliphatic heterocycles. The summed E-state index contributed by atoms with van der Waals surface area (Å²) >= 11 is 0. The first-order chi connectivity index (χ1) is 18.3. The van der Waals surface area contributed by atoms with E-state index in [1.54, 1.807) is 35.9 Å². The number of nitrogens with two attached hydrogens (primary N) is 1. The van der Waals surface area contributed by atoms with E-state index >= 15 is 0 Å². The molecule has 3 aromatic heterocycles. The van der Waals surface area contributed by atoms with Gasteiger partial charge in [0.2, 0.25) is 0 Å². The van der Waals surface area contributed by atoms with Gasteiger partial charge < -0.3 is 11.1 Å². The van der Waals surface area contributed by atoms with Crippen molar-refractivity contribution in [3.8, 4) is 0 Å². The fraction of sp³-hybridized carbons (Fsp3) is 0.172. The van der Waals surface area contributed by atoms with E-state index in [2.05, 4.69) is 15.3 Å². The number of fused-ring (bicyclic) bond motifs is 2. The van der Waals surface area contributed by atoms with Gasteiger partial charge in [-0.25, -0.2) is 18.7 Å². The summed E-state index contributed by atoms with van der Waals surface area (Å²) in [4.78, 5) is 35.3. The van der Waals surface area contributed by atoms with Gasteiger partial charge in [-0.2, -0.15) is 0 Å². The molecule has 3 heterocycles. The van der Waals surface area contributed by atoms with E-state index in [1.807, 2.05) is 30.3 Å². The van der Waals surface area contributed by atoms with Crippen molar-refractivity contribution in [2.75, 3.05) is 5.73 Å². The lowest BCUT2D eigenvalue weighted by molar-refractivity contribution is -0.120. The first kappa shape index (κ1) is 25.0. The predicted molar refractivity (Wildman–Crippen MR) is 141 cm³/mol. The van der Waals surface area contributed by atoms with Crippen LogP contribution in [-0.4, -0.2) is 32.1 Å². The van der Waals surface area contributed by atoms with Crippen LogP contribution in [-0.2, 0) is 17.6 Å². The van der Waals surface area contributed by atoms with Crippen molar-refractivity contribution in [2.45, 2.75) is 32.2 Å². The van der Waals surface area contributed by atoms with Gasteiger partial charge in [0, 0.05) is 24.2 Å². The average molecular weight is 514 g/mol. The number of halogens is 2. The lowest BCUT2D eigenvalue weighted by atomic mass is 9.96. The van der Waals surface area contributed by atoms with Crippen LogP contribution in [0.15, 0.2) is 73.1 Å². The number of imidazole rings is 1. The van der Waals surface area contributed by atoms with Crippen molar-refractivity contribution in [2.24, 2.45) is 0 Å². The van der Waals surface area contributed by atoms with Crippen LogP contribution >= 0.6 is 0 Å². The molecule has 0 saturated heterocycles. The lowest BCUT2D eigenvalue weighted by Crippen LogP contribution is -2.43. The molecule has 1 amide bonds. The van der Waals surface area contributed by atoms with Gasteiger partial charge in [0.1, 0.15) is 17.2 Å². The smallest absolute Gasteiger partial charge is 0.270 e. The molecule has 0 fully saturated rings. The van der Waals surface area contributed by atoms with Crippen molar-refractivity contribution in [3.05, 3.63) is 107 Å². The number of hydrogen-bond acceptors (Lipinski definition) is 5. The molecule has 2 aromatic carbocycles. The molecule has 5 rings (SSSR count). The highest BCUT2D eigenvalue weighted by Crippen LogP contribution is 2.21. The second-order valence-electron chi connectivity index (χ2n) is 9.17. The quantitative estimate of drug-likeness (QED) is 0.316. The molecule has 0 unspecified atom stereocenters. The van der Waals surface area contributed by atoms with Crippen LogP contribution in [0.2, 0.25) is 0 Å². The van der Waals surface area contributed by atoms with Gasteiger partial charge in [0.05, 0.1) is 11.7 Å². The molecule has 7 nitrogen and oxygen atoms in total. The zero-order valence-electron chi connectivity index (χ0n) is 20.6. The Labute approximate surface area is 217 Å². The largest absolute Gasteiger partial charge is 0.383 e. The van der Waals surface area contributed by atoms with Crippen LogP contribution < -0.4 is 11.1 Å². The molecule has 192 valence electrons. The van der Waals surface area contributed by atoms with Crippen molar-refractivity contribution >= 4 is 33.9 Å². The number of carbonyl (C=O) groups is 2. The van der Waals surface area contributed by atoms with E-state index in [9.17, 15) is 18.4 Å². The van der Waals surface area contributed by atoms with Crippen LogP contribution in [0.1, 0.15) is 33.7 Å². The summed E-state index contributed by atoms with van der Waals surface area (Å²) in [6.45, 7) is 1.72. The number of aryl methyl sites for hydroxylation is 2. The van der Waals surface area contributed by atoms with E-state index in [4.69, 9.17) is 5.73 Å². The van der Waals surface area contributed by atoms with Gasteiger partial charge in [0.25, 0.3) is 5.91 Å². The van der Waals surface area contributed by atoms with Gasteiger partial charge in [-0.15, -0.1) is 0 Å². The fourth-order valence-corrected chi connectivity index (χ4v) is 4.61. The number of nitrogens with zero attached hydrogens (tertiary/aromatic N) is 3. The highest BCUT2D eigenvalue weighted by Gasteiger charge is 2.25. The number of rotatable bonds is 8. The number of ketones is 1. The first-order valence-corrected chi connectivity index (χ1v) is 12.1. The van der Waals surface area contributed by atoms with E-state index in [-0.39, 0.29) is 18.6 Å². The summed E-state index contributed by atoms with van der Waals surface area (Å²) in [6, 6.07) is 15.4. The molecule has 0 aliphatic rings. The molecule has 9 heteroatoms. The number of carbonyl (C=O) groups excluding carboxylic acids is 2. The average Bonchev–Trinajstić information content (AvgIpc) is 3.24. The lowest BCUT2D eigenvalue weighted by Gasteiger charge is -2.18. The van der Waals surface area contributed by atoms with Crippen LogP contribution in [0.3, 0.4) is 0 Å². The number of aromatic nitrogens is 3. The maximum Gasteiger partial charge on any atom is 0.270 e. The maximum absolute atomic E-state index is 13.9. The highest BCUT2D eigenvalue weighted by atomic mass is 19.2. The fourth-order valence-electron chi connectivity index (χ4n) is 4.61. The monoisotopic (exact) mass is 513 g/mol.